The maximum absolute atomic E-state index is 15.7. The minimum absolute atomic E-state index is 0.0736. The number of rotatable bonds is 7. The summed E-state index contributed by atoms with van der Waals surface area (Å²) in [6, 6.07) is 2.82. The fourth-order valence-corrected chi connectivity index (χ4v) is 5.04. The van der Waals surface area contributed by atoms with E-state index in [-0.39, 0.29) is 23.3 Å². The molecule has 0 saturated carbocycles. The number of hydrogen-bond donors (Lipinski definition) is 1. The second-order valence-corrected chi connectivity index (χ2v) is 10.2. The van der Waals surface area contributed by atoms with Gasteiger partial charge in [0, 0.05) is 74.1 Å². The minimum atomic E-state index is -4.92. The van der Waals surface area contributed by atoms with Gasteiger partial charge in [0.25, 0.3) is 5.91 Å². The number of hydrogen-bond acceptors (Lipinski definition) is 7. The van der Waals surface area contributed by atoms with Crippen molar-refractivity contribution in [2.24, 2.45) is 10.9 Å². The molecule has 220 valence electrons. The number of likely N-dealkylation sites (N-methyl/N-ethyl adjacent to an activating group) is 1. The molecule has 41 heavy (non-hydrogen) atoms. The zero-order valence-corrected chi connectivity index (χ0v) is 23.5. The first kappa shape index (κ1) is 30.1. The second-order valence-electron chi connectivity index (χ2n) is 10.2. The molecule has 13 heteroatoms. The van der Waals surface area contributed by atoms with Crippen molar-refractivity contribution >= 4 is 35.4 Å². The molecule has 4 rings (SSSR count). The summed E-state index contributed by atoms with van der Waals surface area (Å²) in [7, 11) is 1.98. The van der Waals surface area contributed by atoms with Crippen LogP contribution in [0.5, 0.6) is 0 Å². The zero-order valence-electron chi connectivity index (χ0n) is 23.5. The molecule has 0 aliphatic carbocycles. The van der Waals surface area contributed by atoms with Gasteiger partial charge in [-0.25, -0.2) is 19.4 Å². The second kappa shape index (κ2) is 11.9. The van der Waals surface area contributed by atoms with Gasteiger partial charge in [0.2, 0.25) is 11.9 Å². The van der Waals surface area contributed by atoms with E-state index in [4.69, 9.17) is 0 Å². The Balaban J connectivity index is 1.76. The Labute approximate surface area is 236 Å². The molecule has 1 unspecified atom stereocenters. The van der Waals surface area contributed by atoms with Gasteiger partial charge in [0.15, 0.2) is 0 Å². The van der Waals surface area contributed by atoms with Gasteiger partial charge in [-0.1, -0.05) is 0 Å². The average molecular weight is 576 g/mol. The molecule has 1 fully saturated rings. The van der Waals surface area contributed by atoms with Gasteiger partial charge in [-0.05, 0) is 46.9 Å². The monoisotopic (exact) mass is 575 g/mol. The van der Waals surface area contributed by atoms with E-state index < -0.39 is 35.3 Å². The summed E-state index contributed by atoms with van der Waals surface area (Å²) in [5.41, 5.74) is -0.463. The lowest BCUT2D eigenvalue weighted by Crippen LogP contribution is -2.55. The highest BCUT2D eigenvalue weighted by Crippen LogP contribution is 2.38. The van der Waals surface area contributed by atoms with Crippen LogP contribution in [0.25, 0.3) is 11.1 Å². The van der Waals surface area contributed by atoms with Crippen molar-refractivity contribution in [3.8, 4) is 11.1 Å². The maximum Gasteiger partial charge on any atom is 0.414 e. The number of alkyl halides is 3. The zero-order chi connectivity index (χ0) is 30.1. The molecule has 1 aromatic carbocycles. The number of dihydropyridines is 1. The van der Waals surface area contributed by atoms with Crippen molar-refractivity contribution in [2.75, 3.05) is 48.3 Å². The van der Waals surface area contributed by atoms with Crippen molar-refractivity contribution in [1.29, 1.82) is 0 Å². The van der Waals surface area contributed by atoms with Gasteiger partial charge in [0.05, 0.1) is 16.9 Å². The van der Waals surface area contributed by atoms with Crippen LogP contribution in [0.3, 0.4) is 0 Å². The van der Waals surface area contributed by atoms with E-state index in [1.165, 1.54) is 24.5 Å². The Morgan fingerprint density at radius 2 is 1.71 bits per heavy atom. The van der Waals surface area contributed by atoms with Gasteiger partial charge in [-0.3, -0.25) is 14.5 Å². The summed E-state index contributed by atoms with van der Waals surface area (Å²) in [6.07, 6.45) is -0.986. The number of halogens is 4. The van der Waals surface area contributed by atoms with Gasteiger partial charge in [-0.2, -0.15) is 13.2 Å². The number of benzene rings is 1. The van der Waals surface area contributed by atoms with Crippen LogP contribution in [-0.4, -0.2) is 84.4 Å². The molecule has 0 spiro atoms. The van der Waals surface area contributed by atoms with E-state index in [2.05, 4.69) is 25.2 Å². The molecule has 2 aliphatic heterocycles. The lowest BCUT2D eigenvalue weighted by atomic mass is 9.95. The number of piperazine rings is 1. The number of aliphatic imine (C=N–C) groups is 1. The Kier molecular flexibility index (Phi) is 8.76. The first-order valence-electron chi connectivity index (χ1n) is 13.4. The van der Waals surface area contributed by atoms with Crippen molar-refractivity contribution < 1.29 is 27.2 Å². The number of nitrogens with zero attached hydrogens (tertiary/aromatic N) is 6. The summed E-state index contributed by atoms with van der Waals surface area (Å²) >= 11 is 0. The summed E-state index contributed by atoms with van der Waals surface area (Å²) in [4.78, 5) is 42.9. The first-order chi connectivity index (χ1) is 19.3. The highest BCUT2D eigenvalue weighted by Gasteiger charge is 2.43. The summed E-state index contributed by atoms with van der Waals surface area (Å²) < 4.78 is 56.7. The fraction of sp³-hybridized carbons (Fsp3) is 0.464. The maximum atomic E-state index is 15.7. The van der Waals surface area contributed by atoms with Crippen molar-refractivity contribution in [3.63, 3.8) is 0 Å². The van der Waals surface area contributed by atoms with Gasteiger partial charge in [-0.15, -0.1) is 0 Å². The molecule has 3 heterocycles. The highest BCUT2D eigenvalue weighted by molar-refractivity contribution is 6.11. The third kappa shape index (κ3) is 6.39. The largest absolute Gasteiger partial charge is 0.414 e. The van der Waals surface area contributed by atoms with E-state index in [0.29, 0.717) is 55.7 Å². The van der Waals surface area contributed by atoms with Crippen LogP contribution >= 0.6 is 0 Å². The van der Waals surface area contributed by atoms with E-state index >= 15 is 4.39 Å². The molecule has 1 aromatic heterocycles. The molecule has 9 nitrogen and oxygen atoms in total. The predicted molar refractivity (Wildman–Crippen MR) is 150 cm³/mol. The molecule has 2 aliphatic rings. The van der Waals surface area contributed by atoms with Gasteiger partial charge in [0.1, 0.15) is 11.7 Å². The Bertz CT molecular complexity index is 1340. The molecule has 0 bridgehead atoms. The molecule has 1 N–H and O–H groups in total. The van der Waals surface area contributed by atoms with Gasteiger partial charge >= 0.3 is 6.18 Å². The Morgan fingerprint density at radius 1 is 1.10 bits per heavy atom. The molecule has 3 atom stereocenters. The lowest BCUT2D eigenvalue weighted by molar-refractivity contribution is -0.124. The average Bonchev–Trinajstić information content (AvgIpc) is 2.92. The number of carbonyl (C=O) groups is 2. The SMILES string of the molecule is CCN(CC)c1ncc(-c2cc(NC(=O)C3C=NC(=O)C=C3C(F)(F)F)c(N3C[C@@H](C)N(C)[C@@H](C)C3)cc2F)cn1. The predicted octanol–water partition coefficient (Wildman–Crippen LogP) is 4.31. The topological polar surface area (TPSA) is 94.0 Å². The van der Waals surface area contributed by atoms with Crippen LogP contribution < -0.4 is 15.1 Å². The van der Waals surface area contributed by atoms with Crippen LogP contribution in [0.1, 0.15) is 27.7 Å². The quantitative estimate of drug-likeness (QED) is 0.492. The third-order valence-corrected chi connectivity index (χ3v) is 7.61. The van der Waals surface area contributed by atoms with Crippen molar-refractivity contribution in [1.82, 2.24) is 14.9 Å². The fourth-order valence-electron chi connectivity index (χ4n) is 5.04. The molecule has 2 amide bonds. The van der Waals surface area contributed by atoms with Gasteiger partial charge < -0.3 is 15.1 Å². The van der Waals surface area contributed by atoms with Crippen molar-refractivity contribution in [3.05, 3.63) is 42.0 Å². The number of anilines is 3. The van der Waals surface area contributed by atoms with Crippen LogP contribution in [0, 0.1) is 11.7 Å². The Morgan fingerprint density at radius 3 is 2.27 bits per heavy atom. The summed E-state index contributed by atoms with van der Waals surface area (Å²) in [5, 5.41) is 2.57. The molecule has 2 aromatic rings. The highest BCUT2D eigenvalue weighted by atomic mass is 19.4. The molecular weight excluding hydrogens is 542 g/mol. The standard InChI is InChI=1S/C28H33F4N7O2/c1-6-38(7-2)27-34-11-18(12-35-27)19-8-23(24(10-22(19)29)39-14-16(3)37(5)17(4)15-39)36-26(41)20-13-33-25(40)9-21(20)28(30,31)32/h8-13,16-17,20H,6-7,14-15H2,1-5H3,(H,36,41)/t16-,17+,20?. The van der Waals surface area contributed by atoms with E-state index in [1.807, 2.05) is 44.5 Å². The number of nitrogens with one attached hydrogen (secondary N) is 1. The molecular formula is C28H33F4N7O2. The minimum Gasteiger partial charge on any atom is -0.367 e. The molecule has 0 radical (unpaired) electrons. The number of carbonyl (C=O) groups excluding carboxylic acids is 2. The smallest absolute Gasteiger partial charge is 0.367 e. The van der Waals surface area contributed by atoms with Crippen molar-refractivity contribution in [2.45, 2.75) is 46.0 Å². The lowest BCUT2D eigenvalue weighted by Gasteiger charge is -2.44. The number of aromatic nitrogens is 2. The summed E-state index contributed by atoms with van der Waals surface area (Å²) in [5.74, 6) is -4.12. The van der Waals surface area contributed by atoms with E-state index in [0.717, 1.165) is 0 Å². The Hall–Kier alpha value is -3.87. The molecule has 1 saturated heterocycles. The number of amides is 2. The van der Waals surface area contributed by atoms with Crippen LogP contribution in [0.2, 0.25) is 0 Å². The van der Waals surface area contributed by atoms with Crippen LogP contribution in [-0.2, 0) is 9.59 Å². The van der Waals surface area contributed by atoms with E-state index in [1.54, 1.807) is 0 Å². The summed E-state index contributed by atoms with van der Waals surface area (Å²) in [6.45, 7) is 10.3. The van der Waals surface area contributed by atoms with Crippen LogP contribution in [0.4, 0.5) is 34.9 Å². The third-order valence-electron chi connectivity index (χ3n) is 7.61. The normalized spacial score (nSPS) is 21.6. The van der Waals surface area contributed by atoms with Crippen LogP contribution in [0.15, 0.2) is 41.2 Å². The van der Waals surface area contributed by atoms with E-state index in [9.17, 15) is 22.8 Å². The first-order valence-corrected chi connectivity index (χ1v) is 13.4.